The Bertz CT molecular complexity index is 345. The van der Waals surface area contributed by atoms with Crippen molar-refractivity contribution in [3.05, 3.63) is 30.3 Å². The lowest BCUT2D eigenvalue weighted by molar-refractivity contribution is -0.385. The number of rotatable bonds is 1. The quantitative estimate of drug-likeness (QED) is 0.362. The fourth-order valence-electron chi connectivity index (χ4n) is 0.671. The molecule has 0 bridgehead atoms. The summed E-state index contributed by atoms with van der Waals surface area (Å²) < 4.78 is 1.32. The molecule has 1 aromatic carbocycles. The minimum absolute atomic E-state index is 0.0421. The van der Waals surface area contributed by atoms with Crippen LogP contribution in [0.4, 0.5) is 5.69 Å². The number of thiol groups is 1. The predicted octanol–water partition coefficient (Wildman–Crippen LogP) is 3.25. The second-order valence-electron chi connectivity index (χ2n) is 1.99. The molecule has 1 aromatic rings. The molecule has 0 radical (unpaired) electrons. The highest BCUT2D eigenvalue weighted by Crippen LogP contribution is 2.33. The summed E-state index contributed by atoms with van der Waals surface area (Å²) in [4.78, 5) is 10.6. The molecule has 3 nitrogen and oxygen atoms in total. The molecule has 64 valence electrons. The Balaban J connectivity index is 3.36. The lowest BCUT2D eigenvalue weighted by Gasteiger charge is -2.00. The summed E-state index contributed by atoms with van der Waals surface area (Å²) in [7, 11) is 0. The van der Waals surface area contributed by atoms with Gasteiger partial charge >= 0.3 is 0 Å². The molecule has 0 aliphatic rings. The van der Waals surface area contributed by atoms with Crippen LogP contribution in [0.3, 0.4) is 0 Å². The second kappa shape index (κ2) is 3.93. The molecule has 0 aliphatic carbocycles. The molecule has 0 heterocycles. The van der Waals surface area contributed by atoms with Crippen LogP contribution < -0.4 is 0 Å². The molecular weight excluding hydrogens is 357 g/mol. The molecule has 6 heteroatoms. The summed E-state index contributed by atoms with van der Waals surface area (Å²) >= 11 is 9.29. The zero-order valence-corrected chi connectivity index (χ0v) is 10.3. The van der Waals surface area contributed by atoms with Crippen molar-refractivity contribution in [3.8, 4) is 0 Å². The number of nitro benzene ring substituents is 1. The van der Waals surface area contributed by atoms with Crippen LogP contribution in [-0.2, 0) is 0 Å². The fourth-order valence-corrected chi connectivity index (χ4v) is 2.17. The highest BCUT2D eigenvalue weighted by atomic mass is 127. The molecule has 1 rings (SSSR count). The second-order valence-corrected chi connectivity index (χ2v) is 4.39. The van der Waals surface area contributed by atoms with Crippen LogP contribution in [0.15, 0.2) is 21.5 Å². The molecule has 0 spiro atoms. The first kappa shape index (κ1) is 10.3. The molecule has 0 aromatic heterocycles. The SMILES string of the molecule is O=[N+]([O-])c1ccc(I)c(S)c1Br. The van der Waals surface area contributed by atoms with Gasteiger partial charge in [-0.15, -0.1) is 12.6 Å². The number of hydrogen-bond acceptors (Lipinski definition) is 3. The zero-order valence-electron chi connectivity index (χ0n) is 5.62. The Labute approximate surface area is 96.4 Å². The number of nitro groups is 1. The Morgan fingerprint density at radius 2 is 2.17 bits per heavy atom. The van der Waals surface area contributed by atoms with E-state index < -0.39 is 4.92 Å². The van der Waals surface area contributed by atoms with Crippen LogP contribution in [0.2, 0.25) is 0 Å². The number of benzene rings is 1. The molecule has 0 saturated heterocycles. The van der Waals surface area contributed by atoms with Gasteiger partial charge in [0.1, 0.15) is 4.47 Å². The maximum absolute atomic E-state index is 10.4. The minimum atomic E-state index is -0.445. The monoisotopic (exact) mass is 359 g/mol. The van der Waals surface area contributed by atoms with Crippen LogP contribution in [0, 0.1) is 13.7 Å². The topological polar surface area (TPSA) is 43.1 Å². The third kappa shape index (κ3) is 1.91. The van der Waals surface area contributed by atoms with Crippen molar-refractivity contribution in [3.63, 3.8) is 0 Å². The molecular formula is C6H3BrINO2S. The lowest BCUT2D eigenvalue weighted by Crippen LogP contribution is -1.90. The highest BCUT2D eigenvalue weighted by molar-refractivity contribution is 14.1. The average Bonchev–Trinajstić information content (AvgIpc) is 2.00. The first-order chi connectivity index (χ1) is 5.54. The van der Waals surface area contributed by atoms with Gasteiger partial charge < -0.3 is 0 Å². The van der Waals surface area contributed by atoms with Crippen molar-refractivity contribution in [1.29, 1.82) is 0 Å². The normalized spacial score (nSPS) is 9.92. The van der Waals surface area contributed by atoms with Crippen LogP contribution >= 0.6 is 51.1 Å². The van der Waals surface area contributed by atoms with E-state index >= 15 is 0 Å². The van der Waals surface area contributed by atoms with Crippen molar-refractivity contribution in [2.24, 2.45) is 0 Å². The van der Waals surface area contributed by atoms with E-state index in [1.54, 1.807) is 6.07 Å². The first-order valence-corrected chi connectivity index (χ1v) is 5.17. The number of hydrogen-bond donors (Lipinski definition) is 1. The van der Waals surface area contributed by atoms with E-state index in [0.717, 1.165) is 3.57 Å². The molecule has 0 atom stereocenters. The summed E-state index contributed by atoms with van der Waals surface area (Å²) in [5.74, 6) is 0. The predicted molar refractivity (Wildman–Crippen MR) is 60.8 cm³/mol. The van der Waals surface area contributed by atoms with Gasteiger partial charge in [-0.25, -0.2) is 0 Å². The van der Waals surface area contributed by atoms with Crippen molar-refractivity contribution < 1.29 is 4.92 Å². The summed E-state index contributed by atoms with van der Waals surface area (Å²) in [6, 6.07) is 3.11. The third-order valence-corrected chi connectivity index (χ3v) is 4.14. The highest BCUT2D eigenvalue weighted by Gasteiger charge is 2.15. The van der Waals surface area contributed by atoms with E-state index in [0.29, 0.717) is 9.37 Å². The summed E-state index contributed by atoms with van der Waals surface area (Å²) in [6.45, 7) is 0. The zero-order chi connectivity index (χ0) is 9.30. The van der Waals surface area contributed by atoms with E-state index in [1.165, 1.54) is 6.07 Å². The molecule has 0 saturated carbocycles. The van der Waals surface area contributed by atoms with E-state index in [4.69, 9.17) is 0 Å². The smallest absolute Gasteiger partial charge is 0.258 e. The van der Waals surface area contributed by atoms with Crippen LogP contribution in [0.5, 0.6) is 0 Å². The van der Waals surface area contributed by atoms with E-state index in [2.05, 4.69) is 51.1 Å². The summed E-state index contributed by atoms with van der Waals surface area (Å²) in [6.07, 6.45) is 0. The summed E-state index contributed by atoms with van der Waals surface area (Å²) in [5, 5.41) is 10.4. The van der Waals surface area contributed by atoms with Gasteiger partial charge in [0.2, 0.25) is 0 Å². The van der Waals surface area contributed by atoms with Gasteiger partial charge in [-0.3, -0.25) is 10.1 Å². The van der Waals surface area contributed by atoms with Crippen LogP contribution in [0.25, 0.3) is 0 Å². The van der Waals surface area contributed by atoms with Crippen molar-refractivity contribution in [1.82, 2.24) is 0 Å². The van der Waals surface area contributed by atoms with E-state index in [9.17, 15) is 10.1 Å². The summed E-state index contributed by atoms with van der Waals surface area (Å²) in [5.41, 5.74) is 0.0421. The fraction of sp³-hybridized carbons (Fsp3) is 0. The molecule has 0 aliphatic heterocycles. The molecule has 0 N–H and O–H groups in total. The largest absolute Gasteiger partial charge is 0.284 e. The number of nitrogens with zero attached hydrogens (tertiary/aromatic N) is 1. The minimum Gasteiger partial charge on any atom is -0.258 e. The molecule has 0 fully saturated rings. The molecule has 12 heavy (non-hydrogen) atoms. The maximum atomic E-state index is 10.4. The average molecular weight is 360 g/mol. The van der Waals surface area contributed by atoms with Gasteiger partial charge in [-0.1, -0.05) is 0 Å². The Morgan fingerprint density at radius 1 is 1.58 bits per heavy atom. The number of halogens is 2. The van der Waals surface area contributed by atoms with Crippen molar-refractivity contribution in [2.75, 3.05) is 0 Å². The van der Waals surface area contributed by atoms with Crippen LogP contribution in [-0.4, -0.2) is 4.92 Å². The Hall–Kier alpha value is 0.180. The van der Waals surface area contributed by atoms with Crippen molar-refractivity contribution in [2.45, 2.75) is 4.90 Å². The van der Waals surface area contributed by atoms with Gasteiger partial charge in [0.25, 0.3) is 5.69 Å². The van der Waals surface area contributed by atoms with Gasteiger partial charge in [-0.05, 0) is 44.6 Å². The van der Waals surface area contributed by atoms with Gasteiger partial charge in [0.05, 0.1) is 4.92 Å². The van der Waals surface area contributed by atoms with E-state index in [-0.39, 0.29) is 5.69 Å². The first-order valence-electron chi connectivity index (χ1n) is 2.85. The maximum Gasteiger partial charge on any atom is 0.284 e. The molecule has 0 amide bonds. The third-order valence-electron chi connectivity index (χ3n) is 1.24. The Morgan fingerprint density at radius 3 is 2.67 bits per heavy atom. The van der Waals surface area contributed by atoms with Gasteiger partial charge in [0.15, 0.2) is 0 Å². The lowest BCUT2D eigenvalue weighted by atomic mass is 10.3. The van der Waals surface area contributed by atoms with E-state index in [1.807, 2.05) is 0 Å². The molecule has 0 unspecified atom stereocenters. The van der Waals surface area contributed by atoms with Gasteiger partial charge in [0, 0.05) is 14.5 Å². The van der Waals surface area contributed by atoms with Crippen LogP contribution in [0.1, 0.15) is 0 Å². The Kier molecular flexibility index (Phi) is 3.36. The van der Waals surface area contributed by atoms with Crippen molar-refractivity contribution >= 4 is 56.8 Å². The standard InChI is InChI=1S/C6H3BrINO2S/c7-5-4(9(10)11)2-1-3(8)6(5)12/h1-2,12H. The van der Waals surface area contributed by atoms with Gasteiger partial charge in [-0.2, -0.15) is 0 Å².